The number of nitrogens with zero attached hydrogens (tertiary/aromatic N) is 2. The molecule has 3 heterocycles. The monoisotopic (exact) mass is 684 g/mol. The number of alkyl halides is 6. The van der Waals surface area contributed by atoms with Gasteiger partial charge in [-0.15, -0.1) is 0 Å². The average Bonchev–Trinajstić information content (AvgIpc) is 3.31. The van der Waals surface area contributed by atoms with E-state index in [1.54, 1.807) is 42.6 Å². The van der Waals surface area contributed by atoms with Crippen molar-refractivity contribution in [3.8, 4) is 5.75 Å². The van der Waals surface area contributed by atoms with E-state index in [-0.39, 0.29) is 24.6 Å². The molecule has 1 aliphatic carbocycles. The number of phenolic OH excluding ortho intramolecular Hbond substituents is 1. The summed E-state index contributed by atoms with van der Waals surface area (Å²) in [4.78, 5) is 32.6. The molecule has 0 bridgehead atoms. The van der Waals surface area contributed by atoms with E-state index >= 15 is 0 Å². The molecule has 2 N–H and O–H groups in total. The Balaban J connectivity index is 1.34. The first-order chi connectivity index (χ1) is 23.2. The number of anilines is 1. The van der Waals surface area contributed by atoms with E-state index < -0.39 is 72.0 Å². The van der Waals surface area contributed by atoms with Gasteiger partial charge in [0, 0.05) is 11.8 Å². The van der Waals surface area contributed by atoms with Crippen LogP contribution >= 0.6 is 0 Å². The van der Waals surface area contributed by atoms with Gasteiger partial charge in [0.2, 0.25) is 11.8 Å². The third-order valence-corrected chi connectivity index (χ3v) is 9.50. The maximum absolute atomic E-state index is 14.0. The van der Waals surface area contributed by atoms with Gasteiger partial charge in [0.1, 0.15) is 5.75 Å². The van der Waals surface area contributed by atoms with Gasteiger partial charge in [-0.1, -0.05) is 36.8 Å². The van der Waals surface area contributed by atoms with Gasteiger partial charge < -0.3 is 14.8 Å². The van der Waals surface area contributed by atoms with E-state index in [9.17, 15) is 46.1 Å². The Morgan fingerprint density at radius 1 is 0.980 bits per heavy atom. The summed E-state index contributed by atoms with van der Waals surface area (Å²) in [6.07, 6.45) is -6.56. The van der Waals surface area contributed by atoms with Crippen LogP contribution in [0.5, 0.6) is 5.75 Å². The lowest BCUT2D eigenvalue weighted by Gasteiger charge is -2.43. The number of benzene rings is 2. The van der Waals surface area contributed by atoms with Gasteiger partial charge in [-0.25, -0.2) is 4.90 Å². The maximum atomic E-state index is 14.0. The average molecular weight is 684 g/mol. The zero-order chi connectivity index (χ0) is 35.2. The molecule has 0 saturated carbocycles. The Morgan fingerprint density at radius 2 is 1.65 bits per heavy atom. The van der Waals surface area contributed by atoms with Crippen molar-refractivity contribution in [2.75, 3.05) is 4.90 Å². The van der Waals surface area contributed by atoms with Gasteiger partial charge in [-0.3, -0.25) is 14.6 Å². The van der Waals surface area contributed by atoms with Crippen LogP contribution in [0.1, 0.15) is 55.0 Å². The van der Waals surface area contributed by atoms with E-state index in [1.165, 1.54) is 0 Å². The number of hydrogen-bond donors (Lipinski definition) is 2. The highest BCUT2D eigenvalue weighted by Crippen LogP contribution is 2.52. The molecule has 3 aliphatic rings. The number of imide groups is 1. The standard InChI is InChI=1S/C35H31BF6N2O5/c1-2-19-14-25-31(33(47)44(32(25)46)24-16-22(34(37,38)39)15-23(17-24)35(40,41)42)26-18-36(48)49-29(30(19)26)11-10-20(27-8-5-6-12-43-27)13-21-7-3-4-9-28(21)45/h3-9,12-13,15-17,25-26,29,31,45,48H,2,10-11,14,18H2,1H3/b20-13-/t25-,26+,29-,31-/m1/s1. The zero-order valence-electron chi connectivity index (χ0n) is 26.1. The fourth-order valence-corrected chi connectivity index (χ4v) is 7.34. The summed E-state index contributed by atoms with van der Waals surface area (Å²) in [5.41, 5.74) is -0.638. The predicted molar refractivity (Wildman–Crippen MR) is 168 cm³/mol. The van der Waals surface area contributed by atoms with Crippen LogP contribution in [0.4, 0.5) is 32.0 Å². The van der Waals surface area contributed by atoms with Crippen LogP contribution < -0.4 is 4.90 Å². The van der Waals surface area contributed by atoms with E-state index in [0.717, 1.165) is 11.1 Å². The molecule has 2 amide bonds. The lowest BCUT2D eigenvalue weighted by atomic mass is 9.58. The summed E-state index contributed by atoms with van der Waals surface area (Å²) >= 11 is 0. The van der Waals surface area contributed by atoms with Crippen LogP contribution in [-0.2, 0) is 26.6 Å². The molecular formula is C35H31BF6N2O5. The van der Waals surface area contributed by atoms with Crippen molar-refractivity contribution in [2.45, 2.75) is 57.4 Å². The number of pyridine rings is 1. The molecule has 1 aromatic heterocycles. The number of allylic oxidation sites excluding steroid dienone is 2. The lowest BCUT2D eigenvalue weighted by Crippen LogP contribution is -2.46. The number of carbonyl (C=O) groups excluding carboxylic acids is 2. The summed E-state index contributed by atoms with van der Waals surface area (Å²) in [7, 11) is -1.35. The molecular weight excluding hydrogens is 653 g/mol. The highest BCUT2D eigenvalue weighted by Gasteiger charge is 2.58. The molecule has 7 nitrogen and oxygen atoms in total. The van der Waals surface area contributed by atoms with Crippen LogP contribution in [0.25, 0.3) is 11.6 Å². The van der Waals surface area contributed by atoms with Crippen molar-refractivity contribution < 1.29 is 50.7 Å². The van der Waals surface area contributed by atoms with E-state index in [0.29, 0.717) is 53.1 Å². The number of para-hydroxylation sites is 1. The van der Waals surface area contributed by atoms with Crippen molar-refractivity contribution in [1.29, 1.82) is 0 Å². The SMILES string of the molecule is CCC1=C2[C@@H](CC/C(=C/c3ccccc3O)c3ccccn3)OB(O)C[C@@H]2[C@@H]2C(=O)N(c3cc(C(F)(F)F)cc(C(F)(F)F)c3)C(=O)[C@@H]2C1. The molecule has 256 valence electrons. The van der Waals surface area contributed by atoms with Crippen LogP contribution in [0, 0.1) is 17.8 Å². The van der Waals surface area contributed by atoms with Crippen molar-refractivity contribution in [2.24, 2.45) is 17.8 Å². The predicted octanol–water partition coefficient (Wildman–Crippen LogP) is 7.56. The molecule has 2 aliphatic heterocycles. The van der Waals surface area contributed by atoms with Crippen LogP contribution in [0.2, 0.25) is 6.32 Å². The van der Waals surface area contributed by atoms with Gasteiger partial charge in [0.05, 0.1) is 40.4 Å². The summed E-state index contributed by atoms with van der Waals surface area (Å²) in [6.45, 7) is 1.85. The molecule has 3 aromatic rings. The third kappa shape index (κ3) is 6.76. The third-order valence-electron chi connectivity index (χ3n) is 9.50. The molecule has 0 unspecified atom stereocenters. The maximum Gasteiger partial charge on any atom is 0.455 e. The Bertz CT molecular complexity index is 1790. The van der Waals surface area contributed by atoms with Crippen molar-refractivity contribution >= 4 is 36.3 Å². The van der Waals surface area contributed by atoms with Gasteiger partial charge in [0.15, 0.2) is 0 Å². The molecule has 6 rings (SSSR count). The Labute approximate surface area is 278 Å². The lowest BCUT2D eigenvalue weighted by molar-refractivity contribution is -0.143. The molecule has 14 heteroatoms. The summed E-state index contributed by atoms with van der Waals surface area (Å²) in [5.74, 6) is -4.62. The van der Waals surface area contributed by atoms with Gasteiger partial charge in [-0.2, -0.15) is 26.3 Å². The topological polar surface area (TPSA) is 100.0 Å². The minimum Gasteiger partial charge on any atom is -0.507 e. The minimum atomic E-state index is -5.17. The minimum absolute atomic E-state index is 0.0529. The molecule has 2 aromatic carbocycles. The first-order valence-electron chi connectivity index (χ1n) is 15.8. The van der Waals surface area contributed by atoms with Crippen LogP contribution in [-0.4, -0.2) is 40.2 Å². The number of phenols is 1. The van der Waals surface area contributed by atoms with E-state index in [1.807, 2.05) is 19.1 Å². The molecule has 0 spiro atoms. The fourth-order valence-electron chi connectivity index (χ4n) is 7.34. The van der Waals surface area contributed by atoms with E-state index in [4.69, 9.17) is 4.65 Å². The van der Waals surface area contributed by atoms with Gasteiger partial charge in [0.25, 0.3) is 0 Å². The second-order valence-electron chi connectivity index (χ2n) is 12.4. The highest BCUT2D eigenvalue weighted by molar-refractivity contribution is 6.43. The Morgan fingerprint density at radius 3 is 2.27 bits per heavy atom. The second-order valence-corrected chi connectivity index (χ2v) is 12.4. The van der Waals surface area contributed by atoms with Crippen LogP contribution in [0.15, 0.2) is 78.0 Å². The first kappa shape index (κ1) is 34.4. The van der Waals surface area contributed by atoms with E-state index in [2.05, 4.69) is 4.98 Å². The van der Waals surface area contributed by atoms with Crippen molar-refractivity contribution in [3.63, 3.8) is 0 Å². The second kappa shape index (κ2) is 13.1. The number of carbonyl (C=O) groups is 2. The number of rotatable bonds is 7. The summed E-state index contributed by atoms with van der Waals surface area (Å²) < 4.78 is 88.1. The smallest absolute Gasteiger partial charge is 0.455 e. The number of fused-ring (bicyclic) bond motifs is 3. The number of aromatic nitrogens is 1. The summed E-state index contributed by atoms with van der Waals surface area (Å²) in [6, 6.07) is 12.9. The highest BCUT2D eigenvalue weighted by atomic mass is 19.4. The fraction of sp³-hybridized carbons (Fsp3) is 0.343. The molecule has 2 fully saturated rings. The Hall–Kier alpha value is -4.43. The molecule has 2 saturated heterocycles. The summed E-state index contributed by atoms with van der Waals surface area (Å²) in [5, 5.41) is 21.3. The van der Waals surface area contributed by atoms with Crippen molar-refractivity contribution in [3.05, 3.63) is 100 Å². The van der Waals surface area contributed by atoms with Crippen LogP contribution in [0.3, 0.4) is 0 Å². The quantitative estimate of drug-likeness (QED) is 0.115. The van der Waals surface area contributed by atoms with Gasteiger partial charge in [-0.05, 0) is 91.5 Å². The molecule has 49 heavy (non-hydrogen) atoms. The largest absolute Gasteiger partial charge is 0.507 e. The normalized spacial score (nSPS) is 23.2. The number of hydrogen-bond acceptors (Lipinski definition) is 6. The molecule has 0 radical (unpaired) electrons. The zero-order valence-corrected chi connectivity index (χ0v) is 26.1. The number of aromatic hydroxyl groups is 1. The Kier molecular flexibility index (Phi) is 9.22. The first-order valence-corrected chi connectivity index (χ1v) is 15.8. The van der Waals surface area contributed by atoms with Gasteiger partial charge >= 0.3 is 19.5 Å². The van der Waals surface area contributed by atoms with Crippen molar-refractivity contribution in [1.82, 2.24) is 4.98 Å². The number of amides is 2. The molecule has 4 atom stereocenters. The number of halogens is 6.